The number of aromatic nitrogens is 1. The molecule has 1 aliphatic heterocycles. The van der Waals surface area contributed by atoms with Gasteiger partial charge in [0.25, 0.3) is 0 Å². The van der Waals surface area contributed by atoms with Gasteiger partial charge in [-0.05, 0) is 48.3 Å². The average Bonchev–Trinajstić information content (AvgIpc) is 2.85. The monoisotopic (exact) mass is 474 g/mol. The molecule has 3 aromatic rings. The van der Waals surface area contributed by atoms with E-state index in [9.17, 15) is 4.79 Å². The molecule has 0 unspecified atom stereocenters. The molecule has 6 heteroatoms. The second-order valence-corrected chi connectivity index (χ2v) is 9.20. The molecule has 0 radical (unpaired) electrons. The highest BCUT2D eigenvalue weighted by Crippen LogP contribution is 2.38. The van der Waals surface area contributed by atoms with Crippen molar-refractivity contribution in [1.29, 1.82) is 0 Å². The Morgan fingerprint density at radius 3 is 2.61 bits per heavy atom. The standard InChI is InChI=1S/C27H26N2O2S2/c1-18-16-23(32-2)26(27(28-18)33-3)29-24(30)15-9-12-20-17-31-22-14-8-7-13-21(22)25(20)19-10-5-4-6-11-19/h4-14,16H,15,17H2,1-3H3,(H,29,30)/b12-9+. The number of anilines is 1. The molecule has 4 nitrogen and oxygen atoms in total. The normalized spacial score (nSPS) is 13.1. The van der Waals surface area contributed by atoms with E-state index in [2.05, 4.69) is 28.5 Å². The highest BCUT2D eigenvalue weighted by molar-refractivity contribution is 7.99. The van der Waals surface area contributed by atoms with Gasteiger partial charge in [0.05, 0.1) is 5.69 Å². The molecule has 168 valence electrons. The molecule has 1 N–H and O–H groups in total. The molecule has 0 aliphatic carbocycles. The third-order valence-corrected chi connectivity index (χ3v) is 6.75. The van der Waals surface area contributed by atoms with E-state index in [-0.39, 0.29) is 12.3 Å². The van der Waals surface area contributed by atoms with Crippen molar-refractivity contribution in [3.63, 3.8) is 0 Å². The largest absolute Gasteiger partial charge is 0.488 e. The van der Waals surface area contributed by atoms with Crippen LogP contribution in [-0.2, 0) is 4.79 Å². The first-order valence-electron chi connectivity index (χ1n) is 10.7. The number of nitrogens with one attached hydrogen (secondary N) is 1. The fourth-order valence-corrected chi connectivity index (χ4v) is 5.12. The van der Waals surface area contributed by atoms with Crippen LogP contribution >= 0.6 is 23.5 Å². The first kappa shape index (κ1) is 23.2. The van der Waals surface area contributed by atoms with Crippen LogP contribution in [-0.4, -0.2) is 30.0 Å². The average molecular weight is 475 g/mol. The number of para-hydroxylation sites is 1. The van der Waals surface area contributed by atoms with E-state index in [1.165, 1.54) is 11.8 Å². The van der Waals surface area contributed by atoms with Crippen LogP contribution in [0.25, 0.3) is 5.57 Å². The first-order valence-corrected chi connectivity index (χ1v) is 13.1. The summed E-state index contributed by atoms with van der Waals surface area (Å²) in [6.45, 7) is 2.44. The zero-order valence-corrected chi connectivity index (χ0v) is 20.6. The van der Waals surface area contributed by atoms with Crippen molar-refractivity contribution >= 4 is 40.7 Å². The summed E-state index contributed by atoms with van der Waals surface area (Å²) in [5.74, 6) is 0.814. The highest BCUT2D eigenvalue weighted by atomic mass is 32.2. The molecule has 0 bridgehead atoms. The fraction of sp³-hybridized carbons (Fsp3) is 0.185. The number of amides is 1. The molecule has 1 aliphatic rings. The summed E-state index contributed by atoms with van der Waals surface area (Å²) in [6.07, 6.45) is 8.16. The lowest BCUT2D eigenvalue weighted by Gasteiger charge is -2.23. The summed E-state index contributed by atoms with van der Waals surface area (Å²) >= 11 is 3.15. The van der Waals surface area contributed by atoms with Crippen LogP contribution in [0.2, 0.25) is 0 Å². The maximum atomic E-state index is 12.8. The predicted molar refractivity (Wildman–Crippen MR) is 139 cm³/mol. The van der Waals surface area contributed by atoms with Crippen molar-refractivity contribution in [2.24, 2.45) is 0 Å². The third-order valence-electron chi connectivity index (χ3n) is 5.30. The van der Waals surface area contributed by atoms with Crippen molar-refractivity contribution in [2.45, 2.75) is 23.3 Å². The van der Waals surface area contributed by atoms with Gasteiger partial charge in [-0.25, -0.2) is 4.98 Å². The van der Waals surface area contributed by atoms with E-state index in [1.807, 2.05) is 74.1 Å². The molecule has 2 aromatic carbocycles. The zero-order chi connectivity index (χ0) is 23.2. The highest BCUT2D eigenvalue weighted by Gasteiger charge is 2.20. The van der Waals surface area contributed by atoms with Gasteiger partial charge >= 0.3 is 0 Å². The second kappa shape index (κ2) is 10.8. The molecule has 0 fully saturated rings. The molecule has 2 heterocycles. The van der Waals surface area contributed by atoms with Crippen molar-refractivity contribution in [2.75, 3.05) is 24.4 Å². The number of ether oxygens (including phenoxy) is 1. The van der Waals surface area contributed by atoms with Crippen molar-refractivity contribution in [1.82, 2.24) is 4.98 Å². The van der Waals surface area contributed by atoms with Gasteiger partial charge in [0.1, 0.15) is 17.4 Å². The molecule has 1 aromatic heterocycles. The van der Waals surface area contributed by atoms with Gasteiger partial charge in [0, 0.05) is 22.6 Å². The molecule has 1 amide bonds. The number of carbonyl (C=O) groups excluding carboxylic acids is 1. The SMILES string of the molecule is CSc1cc(C)nc(SC)c1NC(=O)C/C=C/C1=C(c2ccccc2)c2ccccc2OC1. The molecule has 0 saturated heterocycles. The number of nitrogens with zero attached hydrogens (tertiary/aromatic N) is 1. The van der Waals surface area contributed by atoms with E-state index in [0.717, 1.165) is 49.3 Å². The maximum absolute atomic E-state index is 12.8. The number of thioether (sulfide) groups is 2. The van der Waals surface area contributed by atoms with Crippen molar-refractivity contribution in [3.8, 4) is 5.75 Å². The van der Waals surface area contributed by atoms with Crippen molar-refractivity contribution < 1.29 is 9.53 Å². The lowest BCUT2D eigenvalue weighted by molar-refractivity contribution is -0.115. The maximum Gasteiger partial charge on any atom is 0.228 e. The van der Waals surface area contributed by atoms with Gasteiger partial charge in [-0.3, -0.25) is 4.79 Å². The number of pyridine rings is 1. The number of hydrogen-bond acceptors (Lipinski definition) is 5. The topological polar surface area (TPSA) is 51.2 Å². The van der Waals surface area contributed by atoms with Gasteiger partial charge < -0.3 is 10.1 Å². The minimum absolute atomic E-state index is 0.0681. The quantitative estimate of drug-likeness (QED) is 0.390. The Kier molecular flexibility index (Phi) is 7.57. The molecule has 0 spiro atoms. The Hall–Kier alpha value is -2.96. The van der Waals surface area contributed by atoms with E-state index in [0.29, 0.717) is 6.61 Å². The summed E-state index contributed by atoms with van der Waals surface area (Å²) in [5.41, 5.74) is 6.14. The summed E-state index contributed by atoms with van der Waals surface area (Å²) in [6, 6.07) is 20.4. The Balaban J connectivity index is 1.57. The van der Waals surface area contributed by atoms with Crippen LogP contribution in [0.5, 0.6) is 5.75 Å². The summed E-state index contributed by atoms with van der Waals surface area (Å²) in [5, 5.41) is 3.90. The summed E-state index contributed by atoms with van der Waals surface area (Å²) in [7, 11) is 0. The first-order chi connectivity index (χ1) is 16.1. The molecule has 33 heavy (non-hydrogen) atoms. The molecular formula is C27H26N2O2S2. The molecule has 4 rings (SSSR count). The number of fused-ring (bicyclic) bond motifs is 1. The second-order valence-electron chi connectivity index (χ2n) is 7.56. The Morgan fingerprint density at radius 1 is 1.09 bits per heavy atom. The lowest BCUT2D eigenvalue weighted by atomic mass is 9.90. The lowest BCUT2D eigenvalue weighted by Crippen LogP contribution is -2.13. The Morgan fingerprint density at radius 2 is 1.85 bits per heavy atom. The zero-order valence-electron chi connectivity index (χ0n) is 18.9. The van der Waals surface area contributed by atoms with Gasteiger partial charge in [-0.15, -0.1) is 23.5 Å². The number of aryl methyl sites for hydroxylation is 1. The van der Waals surface area contributed by atoms with Gasteiger partial charge in [0.2, 0.25) is 5.91 Å². The van der Waals surface area contributed by atoms with Crippen LogP contribution in [0.1, 0.15) is 23.2 Å². The van der Waals surface area contributed by atoms with E-state index < -0.39 is 0 Å². The molecule has 0 saturated carbocycles. The Bertz CT molecular complexity index is 1190. The van der Waals surface area contributed by atoms with E-state index in [4.69, 9.17) is 4.74 Å². The number of benzene rings is 2. The Labute approximate surface area is 203 Å². The van der Waals surface area contributed by atoms with Crippen LogP contribution < -0.4 is 10.1 Å². The van der Waals surface area contributed by atoms with E-state index >= 15 is 0 Å². The molecule has 0 atom stereocenters. The smallest absolute Gasteiger partial charge is 0.228 e. The number of carbonyl (C=O) groups is 1. The predicted octanol–water partition coefficient (Wildman–Crippen LogP) is 6.61. The van der Waals surface area contributed by atoms with Crippen LogP contribution in [0.3, 0.4) is 0 Å². The number of hydrogen-bond donors (Lipinski definition) is 1. The summed E-state index contributed by atoms with van der Waals surface area (Å²) < 4.78 is 5.99. The minimum Gasteiger partial charge on any atom is -0.488 e. The minimum atomic E-state index is -0.0681. The fourth-order valence-electron chi connectivity index (χ4n) is 3.81. The van der Waals surface area contributed by atoms with Gasteiger partial charge in [-0.2, -0.15) is 0 Å². The van der Waals surface area contributed by atoms with Gasteiger partial charge in [0.15, 0.2) is 0 Å². The van der Waals surface area contributed by atoms with E-state index in [1.54, 1.807) is 11.8 Å². The van der Waals surface area contributed by atoms with Crippen molar-refractivity contribution in [3.05, 3.63) is 95.2 Å². The van der Waals surface area contributed by atoms with Crippen LogP contribution in [0.15, 0.2) is 88.3 Å². The number of rotatable bonds is 7. The summed E-state index contributed by atoms with van der Waals surface area (Å²) in [4.78, 5) is 18.4. The third kappa shape index (κ3) is 5.34. The van der Waals surface area contributed by atoms with Crippen LogP contribution in [0, 0.1) is 6.92 Å². The van der Waals surface area contributed by atoms with Crippen LogP contribution in [0.4, 0.5) is 5.69 Å². The molecular weight excluding hydrogens is 448 g/mol. The van der Waals surface area contributed by atoms with Gasteiger partial charge in [-0.1, -0.05) is 60.7 Å².